The maximum absolute atomic E-state index is 6.59. The number of nitrogens with two attached hydrogens (primary N) is 1. The first kappa shape index (κ1) is 14.4. The average Bonchev–Trinajstić information content (AvgIpc) is 2.39. The second-order valence-corrected chi connectivity index (χ2v) is 6.33. The lowest BCUT2D eigenvalue weighted by molar-refractivity contribution is 0.290. The van der Waals surface area contributed by atoms with E-state index in [0.29, 0.717) is 5.92 Å². The zero-order valence-corrected chi connectivity index (χ0v) is 12.5. The predicted molar refractivity (Wildman–Crippen MR) is 80.8 cm³/mol. The molecule has 0 radical (unpaired) electrons. The molecule has 0 saturated heterocycles. The molecule has 0 aliphatic heterocycles. The Morgan fingerprint density at radius 2 is 1.89 bits per heavy atom. The van der Waals surface area contributed by atoms with Gasteiger partial charge in [-0.25, -0.2) is 0 Å². The second kappa shape index (κ2) is 5.96. The molecule has 0 unspecified atom stereocenters. The van der Waals surface area contributed by atoms with Crippen molar-refractivity contribution in [1.29, 1.82) is 0 Å². The van der Waals surface area contributed by atoms with E-state index >= 15 is 0 Å². The smallest absolute Gasteiger partial charge is 0.122 e. The van der Waals surface area contributed by atoms with Crippen molar-refractivity contribution in [3.05, 3.63) is 29.3 Å². The van der Waals surface area contributed by atoms with Crippen molar-refractivity contribution in [3.63, 3.8) is 0 Å². The van der Waals surface area contributed by atoms with Crippen LogP contribution in [0.4, 0.5) is 0 Å². The van der Waals surface area contributed by atoms with Crippen molar-refractivity contribution in [3.8, 4) is 5.75 Å². The minimum Gasteiger partial charge on any atom is -0.496 e. The highest BCUT2D eigenvalue weighted by Crippen LogP contribution is 2.33. The quantitative estimate of drug-likeness (QED) is 0.888. The van der Waals surface area contributed by atoms with Gasteiger partial charge in [-0.2, -0.15) is 0 Å². The first-order chi connectivity index (χ1) is 9.04. The molecule has 0 atom stereocenters. The largest absolute Gasteiger partial charge is 0.496 e. The maximum atomic E-state index is 6.59. The number of hydrogen-bond acceptors (Lipinski definition) is 2. The van der Waals surface area contributed by atoms with Crippen LogP contribution in [0.3, 0.4) is 0 Å². The summed E-state index contributed by atoms with van der Waals surface area (Å²) in [5.41, 5.74) is 9.21. The van der Waals surface area contributed by atoms with Crippen LogP contribution in [0.1, 0.15) is 63.0 Å². The van der Waals surface area contributed by atoms with E-state index in [9.17, 15) is 0 Å². The summed E-state index contributed by atoms with van der Waals surface area (Å²) in [6.45, 7) is 4.45. The van der Waals surface area contributed by atoms with Crippen LogP contribution in [-0.4, -0.2) is 12.6 Å². The van der Waals surface area contributed by atoms with Gasteiger partial charge in [-0.1, -0.05) is 45.2 Å². The monoisotopic (exact) mass is 261 g/mol. The maximum Gasteiger partial charge on any atom is 0.122 e. The Morgan fingerprint density at radius 3 is 2.47 bits per heavy atom. The summed E-state index contributed by atoms with van der Waals surface area (Å²) in [6, 6.07) is 6.54. The van der Waals surface area contributed by atoms with Gasteiger partial charge in [0.15, 0.2) is 0 Å². The van der Waals surface area contributed by atoms with Gasteiger partial charge in [0, 0.05) is 5.54 Å². The first-order valence-corrected chi connectivity index (χ1v) is 7.50. The molecule has 0 aromatic heterocycles. The first-order valence-electron chi connectivity index (χ1n) is 7.50. The molecule has 2 heteroatoms. The molecule has 0 heterocycles. The van der Waals surface area contributed by atoms with Gasteiger partial charge in [-0.3, -0.25) is 0 Å². The standard InChI is InChI=1S/C17H27NO/c1-13(2)14-7-8-16(19-3)15(11-14)12-17(18)9-5-4-6-10-17/h7-8,11,13H,4-6,9-10,12,18H2,1-3H3. The minimum absolute atomic E-state index is 0.0267. The van der Waals surface area contributed by atoms with E-state index in [-0.39, 0.29) is 5.54 Å². The molecule has 2 N–H and O–H groups in total. The van der Waals surface area contributed by atoms with Crippen LogP contribution in [0, 0.1) is 0 Å². The fourth-order valence-corrected chi connectivity index (χ4v) is 3.11. The van der Waals surface area contributed by atoms with Gasteiger partial charge in [0.05, 0.1) is 7.11 Å². The Balaban J connectivity index is 2.23. The number of ether oxygens (including phenoxy) is 1. The highest BCUT2D eigenvalue weighted by molar-refractivity contribution is 5.39. The molecule has 1 aliphatic carbocycles. The summed E-state index contributed by atoms with van der Waals surface area (Å²) in [5.74, 6) is 1.53. The van der Waals surface area contributed by atoms with Gasteiger partial charge in [0.1, 0.15) is 5.75 Å². The van der Waals surface area contributed by atoms with E-state index in [4.69, 9.17) is 10.5 Å². The highest BCUT2D eigenvalue weighted by Gasteiger charge is 2.28. The highest BCUT2D eigenvalue weighted by atomic mass is 16.5. The molecule has 2 rings (SSSR count). The molecule has 19 heavy (non-hydrogen) atoms. The van der Waals surface area contributed by atoms with Crippen LogP contribution in [0.2, 0.25) is 0 Å². The number of hydrogen-bond donors (Lipinski definition) is 1. The van der Waals surface area contributed by atoms with E-state index < -0.39 is 0 Å². The molecule has 0 spiro atoms. The lowest BCUT2D eigenvalue weighted by Gasteiger charge is -2.34. The summed E-state index contributed by atoms with van der Waals surface area (Å²) in [7, 11) is 1.75. The zero-order valence-electron chi connectivity index (χ0n) is 12.5. The van der Waals surface area contributed by atoms with E-state index in [0.717, 1.165) is 25.0 Å². The third-order valence-electron chi connectivity index (χ3n) is 4.36. The van der Waals surface area contributed by atoms with Gasteiger partial charge in [-0.05, 0) is 42.4 Å². The lowest BCUT2D eigenvalue weighted by Crippen LogP contribution is -2.43. The van der Waals surface area contributed by atoms with Crippen molar-refractivity contribution in [1.82, 2.24) is 0 Å². The van der Waals surface area contributed by atoms with E-state index in [2.05, 4.69) is 32.0 Å². The normalized spacial score (nSPS) is 18.6. The van der Waals surface area contributed by atoms with Gasteiger partial charge >= 0.3 is 0 Å². The van der Waals surface area contributed by atoms with E-state index in [1.54, 1.807) is 7.11 Å². The van der Waals surface area contributed by atoms with Crippen LogP contribution in [0.15, 0.2) is 18.2 Å². The van der Waals surface area contributed by atoms with Crippen molar-refractivity contribution >= 4 is 0 Å². The fraction of sp³-hybridized carbons (Fsp3) is 0.647. The summed E-state index contributed by atoms with van der Waals surface area (Å²) in [4.78, 5) is 0. The van der Waals surface area contributed by atoms with Crippen molar-refractivity contribution in [2.45, 2.75) is 63.8 Å². The second-order valence-electron chi connectivity index (χ2n) is 6.33. The molecular weight excluding hydrogens is 234 g/mol. The molecule has 1 aromatic carbocycles. The van der Waals surface area contributed by atoms with Crippen LogP contribution in [0.5, 0.6) is 5.75 Å². The van der Waals surface area contributed by atoms with Crippen LogP contribution >= 0.6 is 0 Å². The molecule has 1 aromatic rings. The zero-order chi connectivity index (χ0) is 13.9. The van der Waals surface area contributed by atoms with Crippen LogP contribution < -0.4 is 10.5 Å². The fourth-order valence-electron chi connectivity index (χ4n) is 3.11. The topological polar surface area (TPSA) is 35.2 Å². The summed E-state index contributed by atoms with van der Waals surface area (Å²) in [5, 5.41) is 0. The summed E-state index contributed by atoms with van der Waals surface area (Å²) in [6.07, 6.45) is 7.09. The van der Waals surface area contributed by atoms with Gasteiger partial charge < -0.3 is 10.5 Å². The van der Waals surface area contributed by atoms with Crippen molar-refractivity contribution in [2.75, 3.05) is 7.11 Å². The Morgan fingerprint density at radius 1 is 1.21 bits per heavy atom. The Labute approximate surface area is 117 Å². The molecule has 1 saturated carbocycles. The predicted octanol–water partition coefficient (Wildman–Crippen LogP) is 4.02. The third-order valence-corrected chi connectivity index (χ3v) is 4.36. The Bertz CT molecular complexity index is 419. The average molecular weight is 261 g/mol. The number of benzene rings is 1. The van der Waals surface area contributed by atoms with E-state index in [1.807, 2.05) is 0 Å². The number of rotatable bonds is 4. The molecule has 106 valence electrons. The molecule has 0 amide bonds. The van der Waals surface area contributed by atoms with Crippen LogP contribution in [-0.2, 0) is 6.42 Å². The SMILES string of the molecule is COc1ccc(C(C)C)cc1CC1(N)CCCCC1. The van der Waals surface area contributed by atoms with Crippen LogP contribution in [0.25, 0.3) is 0 Å². The third kappa shape index (κ3) is 3.50. The molecular formula is C17H27NO. The van der Waals surface area contributed by atoms with Crippen molar-refractivity contribution in [2.24, 2.45) is 5.73 Å². The summed E-state index contributed by atoms with van der Waals surface area (Å²) >= 11 is 0. The molecule has 0 bridgehead atoms. The van der Waals surface area contributed by atoms with Crippen molar-refractivity contribution < 1.29 is 4.74 Å². The number of methoxy groups -OCH3 is 1. The Hall–Kier alpha value is -1.02. The Kier molecular flexibility index (Phi) is 4.51. The van der Waals surface area contributed by atoms with Gasteiger partial charge in [-0.15, -0.1) is 0 Å². The molecule has 1 fully saturated rings. The molecule has 2 nitrogen and oxygen atoms in total. The summed E-state index contributed by atoms with van der Waals surface area (Å²) < 4.78 is 5.51. The van der Waals surface area contributed by atoms with Gasteiger partial charge in [0.25, 0.3) is 0 Å². The minimum atomic E-state index is -0.0267. The van der Waals surface area contributed by atoms with Gasteiger partial charge in [0.2, 0.25) is 0 Å². The van der Waals surface area contributed by atoms with E-state index in [1.165, 1.54) is 30.4 Å². The molecule has 1 aliphatic rings. The lowest BCUT2D eigenvalue weighted by atomic mass is 9.78.